The Bertz CT molecular complexity index is 893. The molecule has 0 atom stereocenters. The van der Waals surface area contributed by atoms with Gasteiger partial charge in [-0.1, -0.05) is 19.4 Å². The maximum atomic E-state index is 12.2. The Morgan fingerprint density at radius 2 is 2.15 bits per heavy atom. The molecule has 1 N–H and O–H groups in total. The van der Waals surface area contributed by atoms with Gasteiger partial charge >= 0.3 is 0 Å². The molecule has 0 saturated heterocycles. The molecule has 0 aliphatic heterocycles. The van der Waals surface area contributed by atoms with E-state index in [-0.39, 0.29) is 18.0 Å². The number of nitrogens with one attached hydrogen (secondary N) is 1. The van der Waals surface area contributed by atoms with Crippen molar-refractivity contribution in [1.29, 1.82) is 5.26 Å². The Kier molecular flexibility index (Phi) is 7.32. The number of thioether (sulfide) groups is 1. The minimum absolute atomic E-state index is 0.0686. The van der Waals surface area contributed by atoms with E-state index in [4.69, 9.17) is 0 Å². The molecule has 0 aliphatic rings. The minimum Gasteiger partial charge on any atom is -0.326 e. The zero-order valence-corrected chi connectivity index (χ0v) is 16.0. The van der Waals surface area contributed by atoms with E-state index in [1.54, 1.807) is 19.1 Å². The number of amides is 1. The predicted octanol–water partition coefficient (Wildman–Crippen LogP) is 4.24. The number of non-ortho nitro benzene ring substituents is 1. The number of benzene rings is 1. The molecule has 140 valence electrons. The Balaban J connectivity index is 1.97. The van der Waals surface area contributed by atoms with Crippen LogP contribution in [0.25, 0.3) is 0 Å². The van der Waals surface area contributed by atoms with Gasteiger partial charge in [0.25, 0.3) is 5.69 Å². The van der Waals surface area contributed by atoms with Crippen molar-refractivity contribution in [2.75, 3.05) is 11.1 Å². The summed E-state index contributed by atoms with van der Waals surface area (Å²) in [4.78, 5) is 27.0. The van der Waals surface area contributed by atoms with Crippen LogP contribution in [-0.2, 0) is 11.2 Å². The summed E-state index contributed by atoms with van der Waals surface area (Å²) in [6, 6.07) is 10.1. The van der Waals surface area contributed by atoms with E-state index in [1.165, 1.54) is 23.9 Å². The van der Waals surface area contributed by atoms with Gasteiger partial charge in [0.1, 0.15) is 11.1 Å². The second kappa shape index (κ2) is 9.69. The first-order valence-corrected chi connectivity index (χ1v) is 9.51. The Morgan fingerprint density at radius 3 is 2.81 bits per heavy atom. The number of carbonyl (C=O) groups excluding carboxylic acids is 1. The van der Waals surface area contributed by atoms with Crippen molar-refractivity contribution >= 4 is 29.0 Å². The zero-order chi connectivity index (χ0) is 19.8. The largest absolute Gasteiger partial charge is 0.326 e. The lowest BCUT2D eigenvalue weighted by molar-refractivity contribution is -0.384. The molecular weight excluding hydrogens is 364 g/mol. The van der Waals surface area contributed by atoms with E-state index in [0.29, 0.717) is 22.0 Å². The van der Waals surface area contributed by atoms with Crippen LogP contribution in [0.1, 0.15) is 36.6 Å². The summed E-state index contributed by atoms with van der Waals surface area (Å²) in [5.41, 5.74) is 2.54. The molecule has 1 heterocycles. The Morgan fingerprint density at radius 1 is 1.37 bits per heavy atom. The van der Waals surface area contributed by atoms with Crippen molar-refractivity contribution in [2.24, 2.45) is 0 Å². The van der Waals surface area contributed by atoms with Gasteiger partial charge in [-0.2, -0.15) is 5.26 Å². The standard InChI is InChI=1S/C19H20N4O3S/c1-3-4-15-7-6-14(12-20)19(21-15)27-10-9-18(24)22-17-11-16(23(25)26)8-5-13(17)2/h5-8,11H,3-4,9-10H2,1-2H3,(H,22,24). The number of hydrogen-bond acceptors (Lipinski definition) is 6. The monoisotopic (exact) mass is 384 g/mol. The van der Waals surface area contributed by atoms with Crippen LogP contribution in [-0.4, -0.2) is 21.6 Å². The molecule has 27 heavy (non-hydrogen) atoms. The van der Waals surface area contributed by atoms with Crippen molar-refractivity contribution in [3.05, 3.63) is 57.3 Å². The first-order chi connectivity index (χ1) is 12.9. The predicted molar refractivity (Wildman–Crippen MR) is 105 cm³/mol. The SMILES string of the molecule is CCCc1ccc(C#N)c(SCCC(=O)Nc2cc([N+](=O)[O-])ccc2C)n1. The van der Waals surface area contributed by atoms with Gasteiger partial charge in [0.15, 0.2) is 0 Å². The summed E-state index contributed by atoms with van der Waals surface area (Å²) in [5.74, 6) is 0.214. The topological polar surface area (TPSA) is 109 Å². The highest BCUT2D eigenvalue weighted by molar-refractivity contribution is 7.99. The first-order valence-electron chi connectivity index (χ1n) is 8.52. The number of aryl methyl sites for hydroxylation is 2. The lowest BCUT2D eigenvalue weighted by Gasteiger charge is -2.09. The summed E-state index contributed by atoms with van der Waals surface area (Å²) in [6.45, 7) is 3.84. The van der Waals surface area contributed by atoms with E-state index in [1.807, 2.05) is 6.07 Å². The highest BCUT2D eigenvalue weighted by atomic mass is 32.2. The highest BCUT2D eigenvalue weighted by Gasteiger charge is 2.12. The van der Waals surface area contributed by atoms with E-state index in [0.717, 1.165) is 24.1 Å². The summed E-state index contributed by atoms with van der Waals surface area (Å²) >= 11 is 1.36. The molecule has 0 saturated carbocycles. The second-order valence-electron chi connectivity index (χ2n) is 5.92. The number of hydrogen-bond donors (Lipinski definition) is 1. The van der Waals surface area contributed by atoms with Crippen LogP contribution in [0.4, 0.5) is 11.4 Å². The summed E-state index contributed by atoms with van der Waals surface area (Å²) in [7, 11) is 0. The summed E-state index contributed by atoms with van der Waals surface area (Å²) < 4.78 is 0. The first kappa shape index (κ1) is 20.4. The number of aromatic nitrogens is 1. The number of nitro benzene ring substituents is 1. The molecule has 8 heteroatoms. The van der Waals surface area contributed by atoms with Crippen LogP contribution in [0.3, 0.4) is 0 Å². The van der Waals surface area contributed by atoms with Gasteiger partial charge < -0.3 is 5.32 Å². The van der Waals surface area contributed by atoms with Gasteiger partial charge in [0, 0.05) is 30.0 Å². The Labute approximate surface area is 162 Å². The van der Waals surface area contributed by atoms with E-state index >= 15 is 0 Å². The quantitative estimate of drug-likeness (QED) is 0.414. The fourth-order valence-electron chi connectivity index (χ4n) is 2.38. The van der Waals surface area contributed by atoms with Gasteiger partial charge in [0.2, 0.25) is 5.91 Å². The smallest absolute Gasteiger partial charge is 0.271 e. The number of rotatable bonds is 8. The van der Waals surface area contributed by atoms with Crippen LogP contribution < -0.4 is 5.32 Å². The molecule has 1 amide bonds. The lowest BCUT2D eigenvalue weighted by Crippen LogP contribution is -2.13. The molecule has 0 bridgehead atoms. The number of pyridine rings is 1. The molecule has 7 nitrogen and oxygen atoms in total. The van der Waals surface area contributed by atoms with Crippen molar-refractivity contribution in [3.63, 3.8) is 0 Å². The normalized spacial score (nSPS) is 10.3. The van der Waals surface area contributed by atoms with Crippen LogP contribution in [0.2, 0.25) is 0 Å². The maximum absolute atomic E-state index is 12.2. The fourth-order valence-corrected chi connectivity index (χ4v) is 3.31. The van der Waals surface area contributed by atoms with Gasteiger partial charge in [0.05, 0.1) is 16.2 Å². The number of anilines is 1. The van der Waals surface area contributed by atoms with Crippen LogP contribution in [0, 0.1) is 28.4 Å². The summed E-state index contributed by atoms with van der Waals surface area (Å²) in [6.07, 6.45) is 2.01. The van der Waals surface area contributed by atoms with E-state index < -0.39 is 4.92 Å². The van der Waals surface area contributed by atoms with Gasteiger partial charge in [-0.05, 0) is 31.0 Å². The molecule has 1 aromatic heterocycles. The van der Waals surface area contributed by atoms with Crippen molar-refractivity contribution in [2.45, 2.75) is 38.1 Å². The van der Waals surface area contributed by atoms with Crippen molar-refractivity contribution in [3.8, 4) is 6.07 Å². The third-order valence-electron chi connectivity index (χ3n) is 3.82. The molecule has 0 spiro atoms. The number of nitriles is 1. The number of nitrogens with zero attached hydrogens (tertiary/aromatic N) is 3. The van der Waals surface area contributed by atoms with Crippen LogP contribution in [0.5, 0.6) is 0 Å². The molecule has 0 unspecified atom stereocenters. The number of carbonyl (C=O) groups is 1. The van der Waals surface area contributed by atoms with Crippen LogP contribution in [0.15, 0.2) is 35.4 Å². The molecular formula is C19H20N4O3S. The van der Waals surface area contributed by atoms with Crippen molar-refractivity contribution < 1.29 is 9.72 Å². The average molecular weight is 384 g/mol. The van der Waals surface area contributed by atoms with E-state index in [2.05, 4.69) is 23.3 Å². The molecule has 0 radical (unpaired) electrons. The molecule has 1 aromatic carbocycles. The lowest BCUT2D eigenvalue weighted by atomic mass is 10.2. The fraction of sp³-hybridized carbons (Fsp3) is 0.316. The van der Waals surface area contributed by atoms with E-state index in [9.17, 15) is 20.2 Å². The van der Waals surface area contributed by atoms with Gasteiger partial charge in [-0.25, -0.2) is 4.98 Å². The third-order valence-corrected chi connectivity index (χ3v) is 4.81. The maximum Gasteiger partial charge on any atom is 0.271 e. The van der Waals surface area contributed by atoms with Crippen LogP contribution >= 0.6 is 11.8 Å². The second-order valence-corrected chi connectivity index (χ2v) is 7.00. The average Bonchev–Trinajstić information content (AvgIpc) is 2.64. The zero-order valence-electron chi connectivity index (χ0n) is 15.2. The highest BCUT2D eigenvalue weighted by Crippen LogP contribution is 2.24. The molecule has 2 aromatic rings. The third kappa shape index (κ3) is 5.79. The molecule has 0 aliphatic carbocycles. The van der Waals surface area contributed by atoms with Gasteiger partial charge in [-0.3, -0.25) is 14.9 Å². The van der Waals surface area contributed by atoms with Gasteiger partial charge in [-0.15, -0.1) is 11.8 Å². The molecule has 2 rings (SSSR count). The minimum atomic E-state index is -0.497. The number of nitro groups is 1. The Hall–Kier alpha value is -2.92. The van der Waals surface area contributed by atoms with Crippen molar-refractivity contribution in [1.82, 2.24) is 4.98 Å². The molecule has 0 fully saturated rings. The summed E-state index contributed by atoms with van der Waals surface area (Å²) in [5, 5.41) is 23.4.